The zero-order chi connectivity index (χ0) is 26.0. The number of sulfonamides is 1. The van der Waals surface area contributed by atoms with Gasteiger partial charge in [0.1, 0.15) is 0 Å². The Morgan fingerprint density at radius 3 is 2.43 bits per heavy atom. The van der Waals surface area contributed by atoms with Crippen molar-refractivity contribution in [1.29, 1.82) is 0 Å². The van der Waals surface area contributed by atoms with Crippen molar-refractivity contribution in [2.24, 2.45) is 0 Å². The Bertz CT molecular complexity index is 1370. The number of hydrogen-bond acceptors (Lipinski definition) is 4. The normalized spacial score (nSPS) is 18.1. The second-order valence-corrected chi connectivity index (χ2v) is 12.5. The molecule has 194 valence electrons. The van der Waals surface area contributed by atoms with E-state index in [2.05, 4.69) is 16.3 Å². The topological polar surface area (TPSA) is 69.7 Å². The van der Waals surface area contributed by atoms with Gasteiger partial charge in [-0.2, -0.15) is 0 Å². The van der Waals surface area contributed by atoms with Crippen LogP contribution in [0.4, 0.5) is 0 Å². The summed E-state index contributed by atoms with van der Waals surface area (Å²) < 4.78 is 27.8. The molecule has 2 aliphatic heterocycles. The zero-order valence-electron chi connectivity index (χ0n) is 20.9. The molecule has 5 rings (SSSR count). The first-order chi connectivity index (χ1) is 17.8. The summed E-state index contributed by atoms with van der Waals surface area (Å²) in [7, 11) is -1.95. The van der Waals surface area contributed by atoms with Crippen LogP contribution in [0, 0.1) is 0 Å². The predicted molar refractivity (Wildman–Crippen MR) is 146 cm³/mol. The van der Waals surface area contributed by atoms with Crippen molar-refractivity contribution >= 4 is 27.5 Å². The highest BCUT2D eigenvalue weighted by atomic mass is 35.5. The van der Waals surface area contributed by atoms with E-state index in [4.69, 9.17) is 11.6 Å². The minimum Gasteiger partial charge on any atom is -0.342 e. The van der Waals surface area contributed by atoms with E-state index in [-0.39, 0.29) is 17.4 Å². The number of nitrogens with one attached hydrogen (secondary N) is 1. The minimum absolute atomic E-state index is 0.00927. The Kier molecular flexibility index (Phi) is 7.41. The Hall–Kier alpha value is -2.71. The molecule has 1 fully saturated rings. The Morgan fingerprint density at radius 1 is 1.00 bits per heavy atom. The third-order valence-electron chi connectivity index (χ3n) is 7.79. The highest BCUT2D eigenvalue weighted by Crippen LogP contribution is 2.39. The van der Waals surface area contributed by atoms with Crippen LogP contribution in [-0.4, -0.2) is 56.8 Å². The number of likely N-dealkylation sites (tertiary alicyclic amines) is 1. The van der Waals surface area contributed by atoms with Gasteiger partial charge in [0.2, 0.25) is 10.0 Å². The van der Waals surface area contributed by atoms with E-state index >= 15 is 0 Å². The summed E-state index contributed by atoms with van der Waals surface area (Å²) >= 11 is 6.31. The van der Waals surface area contributed by atoms with Crippen LogP contribution in [0.2, 0.25) is 5.02 Å². The molecule has 0 radical (unpaired) electrons. The molecule has 6 nitrogen and oxygen atoms in total. The van der Waals surface area contributed by atoms with Gasteiger partial charge in [-0.1, -0.05) is 60.1 Å². The number of benzene rings is 3. The molecule has 1 atom stereocenters. The lowest BCUT2D eigenvalue weighted by molar-refractivity contribution is 0.0860. The molecular formula is C29H32ClN3O3S. The number of piperidine rings is 1. The molecule has 1 saturated heterocycles. The van der Waals surface area contributed by atoms with Gasteiger partial charge in [0.05, 0.1) is 10.4 Å². The van der Waals surface area contributed by atoms with E-state index in [9.17, 15) is 13.2 Å². The van der Waals surface area contributed by atoms with Crippen molar-refractivity contribution in [3.63, 3.8) is 0 Å². The zero-order valence-corrected chi connectivity index (χ0v) is 22.5. The third-order valence-corrected chi connectivity index (χ3v) is 9.87. The highest BCUT2D eigenvalue weighted by molar-refractivity contribution is 7.89. The maximum Gasteiger partial charge on any atom is 0.252 e. The largest absolute Gasteiger partial charge is 0.342 e. The van der Waals surface area contributed by atoms with Crippen LogP contribution in [-0.2, 0) is 15.6 Å². The maximum absolute atomic E-state index is 13.2. The number of halogens is 1. The molecule has 2 heterocycles. The molecular weight excluding hydrogens is 506 g/mol. The van der Waals surface area contributed by atoms with E-state index in [0.29, 0.717) is 16.5 Å². The van der Waals surface area contributed by atoms with Crippen LogP contribution in [0.25, 0.3) is 0 Å². The maximum atomic E-state index is 13.2. The van der Waals surface area contributed by atoms with Gasteiger partial charge in [0, 0.05) is 37.3 Å². The number of rotatable bonds is 8. The third kappa shape index (κ3) is 5.32. The number of fused-ring (bicyclic) bond motifs is 2. The van der Waals surface area contributed by atoms with E-state index in [1.54, 1.807) is 31.3 Å². The summed E-state index contributed by atoms with van der Waals surface area (Å²) in [5.74, 6) is 0.0118. The number of nitrogens with zero attached hydrogens (tertiary/aromatic N) is 2. The van der Waals surface area contributed by atoms with Gasteiger partial charge in [-0.25, -0.2) is 12.7 Å². The molecule has 37 heavy (non-hydrogen) atoms. The summed E-state index contributed by atoms with van der Waals surface area (Å²) in [5.41, 5.74) is 2.66. The average molecular weight is 538 g/mol. The van der Waals surface area contributed by atoms with Crippen molar-refractivity contribution in [3.05, 3.63) is 101 Å². The highest BCUT2D eigenvalue weighted by Gasteiger charge is 2.44. The standard InChI is InChI=1S/C29H32ClN3O3S/c1-32(37(35,36)25-10-3-2-4-11-25)21-23(22-8-7-9-24(30)20-22)14-17-33-18-15-29(16-19-33)27-13-6-5-12-26(27)28(34)31-29/h2-13,20,23H,14-19,21H2,1H3,(H,31,34)/t23-/m1/s1. The van der Waals surface area contributed by atoms with Crippen molar-refractivity contribution < 1.29 is 13.2 Å². The predicted octanol–water partition coefficient (Wildman–Crippen LogP) is 4.87. The first kappa shape index (κ1) is 25.9. The SMILES string of the molecule is CN(C[C@@H](CCN1CCC2(CC1)NC(=O)c1ccccc12)c1cccc(Cl)c1)S(=O)(=O)c1ccccc1. The summed E-state index contributed by atoms with van der Waals surface area (Å²) in [5, 5.41) is 3.90. The second-order valence-electron chi connectivity index (χ2n) is 10.1. The fourth-order valence-electron chi connectivity index (χ4n) is 5.65. The molecule has 1 amide bonds. The van der Waals surface area contributed by atoms with Gasteiger partial charge in [-0.05, 0) is 73.2 Å². The number of likely N-dealkylation sites (N-methyl/N-ethyl adjacent to an activating group) is 1. The van der Waals surface area contributed by atoms with Crippen LogP contribution < -0.4 is 5.32 Å². The van der Waals surface area contributed by atoms with Crippen LogP contribution in [0.15, 0.2) is 83.8 Å². The van der Waals surface area contributed by atoms with Crippen LogP contribution in [0.3, 0.4) is 0 Å². The smallest absolute Gasteiger partial charge is 0.252 e. The fraction of sp³-hybridized carbons (Fsp3) is 0.345. The average Bonchev–Trinajstić information content (AvgIpc) is 3.19. The Balaban J connectivity index is 1.27. The lowest BCUT2D eigenvalue weighted by Gasteiger charge is -2.40. The summed E-state index contributed by atoms with van der Waals surface area (Å²) in [6, 6.07) is 24.2. The quantitative estimate of drug-likeness (QED) is 0.445. The van der Waals surface area contributed by atoms with E-state index in [1.165, 1.54) is 4.31 Å². The van der Waals surface area contributed by atoms with Crippen molar-refractivity contribution in [1.82, 2.24) is 14.5 Å². The van der Waals surface area contributed by atoms with E-state index in [0.717, 1.165) is 55.6 Å². The van der Waals surface area contributed by atoms with Crippen LogP contribution >= 0.6 is 11.6 Å². The van der Waals surface area contributed by atoms with Gasteiger partial charge in [-0.3, -0.25) is 4.79 Å². The van der Waals surface area contributed by atoms with Crippen molar-refractivity contribution in [2.75, 3.05) is 33.2 Å². The summed E-state index contributed by atoms with van der Waals surface area (Å²) in [6.07, 6.45) is 2.52. The summed E-state index contributed by atoms with van der Waals surface area (Å²) in [4.78, 5) is 15.2. The molecule has 8 heteroatoms. The molecule has 2 aliphatic rings. The second kappa shape index (κ2) is 10.6. The lowest BCUT2D eigenvalue weighted by atomic mass is 9.81. The number of carbonyl (C=O) groups is 1. The summed E-state index contributed by atoms with van der Waals surface area (Å²) in [6.45, 7) is 2.94. The lowest BCUT2D eigenvalue weighted by Crippen LogP contribution is -2.49. The number of amides is 1. The fourth-order valence-corrected chi connectivity index (χ4v) is 7.08. The van der Waals surface area contributed by atoms with Gasteiger partial charge in [-0.15, -0.1) is 0 Å². The van der Waals surface area contributed by atoms with Gasteiger partial charge < -0.3 is 10.2 Å². The molecule has 3 aromatic carbocycles. The Labute approximate surface area is 224 Å². The first-order valence-electron chi connectivity index (χ1n) is 12.7. The molecule has 0 bridgehead atoms. The number of hydrogen-bond donors (Lipinski definition) is 1. The van der Waals surface area contributed by atoms with E-state index < -0.39 is 10.0 Å². The van der Waals surface area contributed by atoms with Gasteiger partial charge in [0.25, 0.3) is 5.91 Å². The molecule has 3 aromatic rings. The van der Waals surface area contributed by atoms with Crippen molar-refractivity contribution in [2.45, 2.75) is 35.6 Å². The number of carbonyl (C=O) groups excluding carboxylic acids is 1. The minimum atomic E-state index is -3.60. The van der Waals surface area contributed by atoms with Gasteiger partial charge in [0.15, 0.2) is 0 Å². The van der Waals surface area contributed by atoms with Crippen LogP contribution in [0.5, 0.6) is 0 Å². The molecule has 1 N–H and O–H groups in total. The molecule has 0 aliphatic carbocycles. The first-order valence-corrected chi connectivity index (χ1v) is 14.5. The monoisotopic (exact) mass is 537 g/mol. The molecule has 0 unspecified atom stereocenters. The Morgan fingerprint density at radius 2 is 1.70 bits per heavy atom. The molecule has 0 saturated carbocycles. The molecule has 1 spiro atoms. The van der Waals surface area contributed by atoms with Crippen LogP contribution in [0.1, 0.15) is 46.7 Å². The van der Waals surface area contributed by atoms with Gasteiger partial charge >= 0.3 is 0 Å². The van der Waals surface area contributed by atoms with E-state index in [1.807, 2.05) is 48.5 Å². The molecule has 0 aromatic heterocycles. The van der Waals surface area contributed by atoms with Crippen molar-refractivity contribution in [3.8, 4) is 0 Å².